The van der Waals surface area contributed by atoms with Crippen LogP contribution in [0.2, 0.25) is 0 Å². The number of nitrogens with one attached hydrogen (secondary N) is 1. The van der Waals surface area contributed by atoms with Crippen molar-refractivity contribution in [2.45, 2.75) is 6.54 Å². The molecular formula is C13H12FN5. The van der Waals surface area contributed by atoms with Gasteiger partial charge in [-0.3, -0.25) is 0 Å². The molecule has 0 aliphatic carbocycles. The Morgan fingerprint density at radius 3 is 3.00 bits per heavy atom. The maximum atomic E-state index is 13.2. The number of nitrogens with zero attached hydrogens (tertiary/aromatic N) is 4. The largest absolute Gasteiger partial charge is 0.371 e. The van der Waals surface area contributed by atoms with Gasteiger partial charge in [-0.2, -0.15) is 0 Å². The third-order valence-corrected chi connectivity index (χ3v) is 2.89. The number of fused-ring (bicyclic) bond motifs is 1. The molecule has 0 aliphatic heterocycles. The minimum atomic E-state index is -0.250. The third kappa shape index (κ3) is 2.12. The Morgan fingerprint density at radius 2 is 2.21 bits per heavy atom. The fourth-order valence-corrected chi connectivity index (χ4v) is 2.01. The van der Waals surface area contributed by atoms with Gasteiger partial charge in [-0.15, -0.1) is 5.10 Å². The average Bonchev–Trinajstić information content (AvgIpc) is 2.82. The van der Waals surface area contributed by atoms with Gasteiger partial charge in [0.1, 0.15) is 5.82 Å². The molecule has 2 heterocycles. The van der Waals surface area contributed by atoms with Gasteiger partial charge < -0.3 is 5.32 Å². The smallest absolute Gasteiger partial charge is 0.155 e. The Labute approximate surface area is 109 Å². The highest BCUT2D eigenvalue weighted by molar-refractivity contribution is 5.84. The quantitative estimate of drug-likeness (QED) is 0.780. The molecule has 1 N–H and O–H groups in total. The Balaban J connectivity index is 2.02. The van der Waals surface area contributed by atoms with E-state index in [4.69, 9.17) is 0 Å². The van der Waals surface area contributed by atoms with Gasteiger partial charge in [0.25, 0.3) is 0 Å². The van der Waals surface area contributed by atoms with Gasteiger partial charge in [0.2, 0.25) is 0 Å². The van der Waals surface area contributed by atoms with Crippen LogP contribution in [0.3, 0.4) is 0 Å². The highest BCUT2D eigenvalue weighted by Gasteiger charge is 2.09. The Bertz CT molecular complexity index is 722. The van der Waals surface area contributed by atoms with Crippen LogP contribution in [0.25, 0.3) is 11.0 Å². The molecule has 96 valence electrons. The van der Waals surface area contributed by atoms with E-state index in [0.717, 1.165) is 11.1 Å². The number of hydrogen-bond donors (Lipinski definition) is 1. The van der Waals surface area contributed by atoms with Crippen molar-refractivity contribution in [3.63, 3.8) is 0 Å². The molecule has 0 atom stereocenters. The minimum Gasteiger partial charge on any atom is -0.371 e. The Hall–Kier alpha value is -2.50. The van der Waals surface area contributed by atoms with Crippen LogP contribution in [-0.2, 0) is 6.54 Å². The van der Waals surface area contributed by atoms with Gasteiger partial charge in [-0.25, -0.2) is 14.1 Å². The molecule has 0 saturated carbocycles. The van der Waals surface area contributed by atoms with Crippen molar-refractivity contribution in [1.29, 1.82) is 0 Å². The van der Waals surface area contributed by atoms with Crippen LogP contribution in [0.1, 0.15) is 5.56 Å². The minimum absolute atomic E-state index is 0.250. The fourth-order valence-electron chi connectivity index (χ4n) is 2.01. The van der Waals surface area contributed by atoms with Crippen molar-refractivity contribution in [2.75, 3.05) is 12.4 Å². The van der Waals surface area contributed by atoms with Gasteiger partial charge in [-0.05, 0) is 23.8 Å². The number of halogens is 1. The second-order valence-corrected chi connectivity index (χ2v) is 4.15. The summed E-state index contributed by atoms with van der Waals surface area (Å²) < 4.78 is 14.9. The van der Waals surface area contributed by atoms with E-state index in [9.17, 15) is 4.39 Å². The summed E-state index contributed by atoms with van der Waals surface area (Å²) in [5.41, 5.74) is 2.42. The van der Waals surface area contributed by atoms with E-state index >= 15 is 0 Å². The van der Waals surface area contributed by atoms with Crippen LogP contribution in [0, 0.1) is 5.82 Å². The molecule has 3 aromatic rings. The zero-order valence-electron chi connectivity index (χ0n) is 10.3. The summed E-state index contributed by atoms with van der Waals surface area (Å²) >= 11 is 0. The normalized spacial score (nSPS) is 10.8. The molecule has 5 nitrogen and oxygen atoms in total. The van der Waals surface area contributed by atoms with Crippen LogP contribution in [-0.4, -0.2) is 27.0 Å². The predicted molar refractivity (Wildman–Crippen MR) is 70.4 cm³/mol. The van der Waals surface area contributed by atoms with Crippen molar-refractivity contribution in [2.24, 2.45) is 0 Å². The van der Waals surface area contributed by atoms with E-state index in [1.54, 1.807) is 24.0 Å². The molecule has 0 bridgehead atoms. The average molecular weight is 257 g/mol. The van der Waals surface area contributed by atoms with Crippen molar-refractivity contribution in [1.82, 2.24) is 20.0 Å². The highest BCUT2D eigenvalue weighted by atomic mass is 19.1. The third-order valence-electron chi connectivity index (χ3n) is 2.89. The molecule has 6 heteroatoms. The summed E-state index contributed by atoms with van der Waals surface area (Å²) in [6.07, 6.45) is 1.69. The van der Waals surface area contributed by atoms with Crippen molar-refractivity contribution in [3.05, 3.63) is 47.9 Å². The lowest BCUT2D eigenvalue weighted by molar-refractivity contribution is 0.618. The van der Waals surface area contributed by atoms with Crippen LogP contribution in [0.15, 0.2) is 36.5 Å². The number of hydrogen-bond acceptors (Lipinski definition) is 4. The lowest BCUT2D eigenvalue weighted by Crippen LogP contribution is -2.02. The summed E-state index contributed by atoms with van der Waals surface area (Å²) in [7, 11) is 1.79. The summed E-state index contributed by atoms with van der Waals surface area (Å²) in [5.74, 6) is 0.433. The zero-order valence-corrected chi connectivity index (χ0v) is 10.3. The standard InChI is InChI=1S/C13H12FN5/c1-15-13-12-11(5-6-16-13)19(18-17-12)8-9-3-2-4-10(14)7-9/h2-7H,8H2,1H3,(H,15,16). The van der Waals surface area contributed by atoms with Crippen LogP contribution in [0.5, 0.6) is 0 Å². The summed E-state index contributed by atoms with van der Waals surface area (Å²) in [6, 6.07) is 8.30. The first kappa shape index (κ1) is 11.6. The second-order valence-electron chi connectivity index (χ2n) is 4.15. The van der Waals surface area contributed by atoms with Crippen LogP contribution in [0.4, 0.5) is 10.2 Å². The van der Waals surface area contributed by atoms with Crippen LogP contribution >= 0.6 is 0 Å². The second kappa shape index (κ2) is 4.64. The molecule has 19 heavy (non-hydrogen) atoms. The van der Waals surface area contributed by atoms with E-state index < -0.39 is 0 Å². The number of rotatable bonds is 3. The van der Waals surface area contributed by atoms with E-state index in [2.05, 4.69) is 20.6 Å². The maximum absolute atomic E-state index is 13.2. The molecule has 2 aromatic heterocycles. The molecule has 0 fully saturated rings. The molecule has 0 saturated heterocycles. The molecule has 3 rings (SSSR count). The highest BCUT2D eigenvalue weighted by Crippen LogP contribution is 2.18. The molecule has 0 unspecified atom stereocenters. The number of anilines is 1. The van der Waals surface area contributed by atoms with E-state index in [1.807, 2.05) is 12.1 Å². The Kier molecular flexibility index (Phi) is 2.83. The lowest BCUT2D eigenvalue weighted by atomic mass is 10.2. The zero-order chi connectivity index (χ0) is 13.2. The molecule has 0 aliphatic rings. The molecule has 0 radical (unpaired) electrons. The van der Waals surface area contributed by atoms with Crippen molar-refractivity contribution < 1.29 is 4.39 Å². The first-order valence-electron chi connectivity index (χ1n) is 5.88. The van der Waals surface area contributed by atoms with Gasteiger partial charge in [-0.1, -0.05) is 17.3 Å². The van der Waals surface area contributed by atoms with Crippen LogP contribution < -0.4 is 5.32 Å². The lowest BCUT2D eigenvalue weighted by Gasteiger charge is -2.03. The summed E-state index contributed by atoms with van der Waals surface area (Å²) in [6.45, 7) is 0.474. The number of pyridine rings is 1. The fraction of sp³-hybridized carbons (Fsp3) is 0.154. The monoisotopic (exact) mass is 257 g/mol. The molecular weight excluding hydrogens is 245 g/mol. The van der Waals surface area contributed by atoms with Gasteiger partial charge in [0.15, 0.2) is 11.3 Å². The van der Waals surface area contributed by atoms with E-state index in [-0.39, 0.29) is 5.82 Å². The molecule has 0 spiro atoms. The maximum Gasteiger partial charge on any atom is 0.155 e. The van der Waals surface area contributed by atoms with Gasteiger partial charge >= 0.3 is 0 Å². The predicted octanol–water partition coefficient (Wildman–Crippen LogP) is 2.06. The first-order chi connectivity index (χ1) is 9.28. The topological polar surface area (TPSA) is 55.6 Å². The molecule has 1 aromatic carbocycles. The molecule has 0 amide bonds. The van der Waals surface area contributed by atoms with Gasteiger partial charge in [0, 0.05) is 13.2 Å². The van der Waals surface area contributed by atoms with E-state index in [1.165, 1.54) is 12.1 Å². The Morgan fingerprint density at radius 1 is 1.32 bits per heavy atom. The van der Waals surface area contributed by atoms with E-state index in [0.29, 0.717) is 17.9 Å². The van der Waals surface area contributed by atoms with Crippen molar-refractivity contribution >= 4 is 16.9 Å². The summed E-state index contributed by atoms with van der Waals surface area (Å²) in [5, 5.41) is 11.2. The summed E-state index contributed by atoms with van der Waals surface area (Å²) in [4.78, 5) is 4.17. The van der Waals surface area contributed by atoms with Gasteiger partial charge in [0.05, 0.1) is 12.1 Å². The number of aromatic nitrogens is 4. The SMILES string of the molecule is CNc1nccc2c1nnn2Cc1cccc(F)c1. The number of benzene rings is 1. The van der Waals surface area contributed by atoms with Crippen molar-refractivity contribution in [3.8, 4) is 0 Å². The first-order valence-corrected chi connectivity index (χ1v) is 5.88.